The molecule has 0 radical (unpaired) electrons. The molecule has 4 heterocycles. The molecule has 0 bridgehead atoms. The van der Waals surface area contributed by atoms with Gasteiger partial charge in [-0.3, -0.25) is 14.0 Å². The number of rotatable bonds is 7. The minimum atomic E-state index is -0.0574. The normalized spacial score (nSPS) is 18.6. The molecule has 0 aliphatic carbocycles. The zero-order valence-electron chi connectivity index (χ0n) is 18.0. The molecule has 9 heteroatoms. The number of methoxy groups -OCH3 is 1. The molecule has 31 heavy (non-hydrogen) atoms. The molecule has 168 valence electrons. The predicted molar refractivity (Wildman–Crippen MR) is 113 cm³/mol. The Morgan fingerprint density at radius 3 is 2.71 bits per heavy atom. The van der Waals surface area contributed by atoms with Crippen LogP contribution in [0.25, 0.3) is 16.7 Å². The van der Waals surface area contributed by atoms with E-state index in [1.165, 1.54) is 4.90 Å². The van der Waals surface area contributed by atoms with Crippen LogP contribution in [0.2, 0.25) is 0 Å². The molecular weight excluding hydrogens is 464 g/mol. The van der Waals surface area contributed by atoms with Gasteiger partial charge in [-0.15, -0.1) is 0 Å². The molecular formula is C22H29BrN4O4. The van der Waals surface area contributed by atoms with E-state index in [9.17, 15) is 9.59 Å². The fourth-order valence-electron chi connectivity index (χ4n) is 4.39. The molecule has 1 aliphatic rings. The third-order valence-corrected chi connectivity index (χ3v) is 5.99. The quantitative estimate of drug-likeness (QED) is 0.382. The highest BCUT2D eigenvalue weighted by molar-refractivity contribution is 5.76. The van der Waals surface area contributed by atoms with E-state index in [1.807, 2.05) is 40.3 Å². The molecule has 0 unspecified atom stereocenters. The monoisotopic (exact) mass is 492 g/mol. The molecule has 3 aromatic rings. The van der Waals surface area contributed by atoms with Crippen LogP contribution in [0.1, 0.15) is 26.2 Å². The van der Waals surface area contributed by atoms with Gasteiger partial charge in [0, 0.05) is 38.1 Å². The highest BCUT2D eigenvalue weighted by Gasteiger charge is 2.28. The van der Waals surface area contributed by atoms with Gasteiger partial charge in [0.1, 0.15) is 5.52 Å². The Hall–Kier alpha value is -2.39. The van der Waals surface area contributed by atoms with Gasteiger partial charge in [-0.2, -0.15) is 4.98 Å². The second-order valence-corrected chi connectivity index (χ2v) is 7.80. The third-order valence-electron chi connectivity index (χ3n) is 5.99. The Labute approximate surface area is 191 Å². The van der Waals surface area contributed by atoms with E-state index in [4.69, 9.17) is 9.47 Å². The molecule has 0 spiro atoms. The maximum Gasteiger partial charge on any atom is 0.309 e. The summed E-state index contributed by atoms with van der Waals surface area (Å²) in [5, 5.41) is 0. The predicted octanol–water partition coefficient (Wildman–Crippen LogP) is -2.09. The fraction of sp³-hybridized carbons (Fsp3) is 0.500. The first-order chi connectivity index (χ1) is 14.6. The number of nitrogens with zero attached hydrogens (tertiary/aromatic N) is 3. The minimum Gasteiger partial charge on any atom is -1.00 e. The molecule has 4 rings (SSSR count). The van der Waals surface area contributed by atoms with Crippen molar-refractivity contribution in [3.63, 3.8) is 0 Å². The Morgan fingerprint density at radius 1 is 1.23 bits per heavy atom. The van der Waals surface area contributed by atoms with E-state index >= 15 is 0 Å². The number of ether oxygens (including phenoxy) is 2. The summed E-state index contributed by atoms with van der Waals surface area (Å²) in [6.07, 6.45) is 4.48. The van der Waals surface area contributed by atoms with Gasteiger partial charge in [0.2, 0.25) is 5.88 Å². The number of esters is 1. The first-order valence-corrected chi connectivity index (χ1v) is 10.7. The summed E-state index contributed by atoms with van der Waals surface area (Å²) in [4.78, 5) is 31.0. The molecule has 8 nitrogen and oxygen atoms in total. The van der Waals surface area contributed by atoms with Crippen molar-refractivity contribution in [3.05, 3.63) is 40.8 Å². The molecule has 1 saturated heterocycles. The van der Waals surface area contributed by atoms with Crippen molar-refractivity contribution in [2.75, 3.05) is 33.4 Å². The number of nitrogens with one attached hydrogen (secondary N) is 1. The fourth-order valence-corrected chi connectivity index (χ4v) is 4.39. The van der Waals surface area contributed by atoms with Gasteiger partial charge in [0.25, 0.3) is 5.56 Å². The molecule has 0 saturated carbocycles. The molecule has 1 fully saturated rings. The van der Waals surface area contributed by atoms with Crippen LogP contribution in [0, 0.1) is 5.92 Å². The zero-order valence-corrected chi connectivity index (χ0v) is 19.6. The summed E-state index contributed by atoms with van der Waals surface area (Å²) < 4.78 is 14.1. The number of fused-ring (bicyclic) bond motifs is 3. The molecule has 0 aromatic carbocycles. The second kappa shape index (κ2) is 10.3. The number of hydrogen-bond donors (Lipinski definition) is 1. The maximum absolute atomic E-state index is 13.0. The lowest BCUT2D eigenvalue weighted by molar-refractivity contribution is -0.906. The number of pyridine rings is 1. The van der Waals surface area contributed by atoms with Crippen LogP contribution in [0.3, 0.4) is 0 Å². The van der Waals surface area contributed by atoms with Crippen molar-refractivity contribution < 1.29 is 36.1 Å². The van der Waals surface area contributed by atoms with Crippen LogP contribution in [-0.2, 0) is 16.1 Å². The SMILES string of the molecule is CCOC(=O)C1CC[NH+](CCCn2c(=O)c3cccn3c3nc(OC)ccc32)CC1.[Br-]. The number of quaternary nitrogens is 1. The number of likely N-dealkylation sites (tertiary alicyclic amines) is 1. The van der Waals surface area contributed by atoms with E-state index in [0.29, 0.717) is 24.5 Å². The van der Waals surface area contributed by atoms with Gasteiger partial charge in [-0.05, 0) is 25.1 Å². The van der Waals surface area contributed by atoms with Gasteiger partial charge in [0.05, 0.1) is 44.8 Å². The summed E-state index contributed by atoms with van der Waals surface area (Å²) in [5.41, 5.74) is 2.14. The lowest BCUT2D eigenvalue weighted by Gasteiger charge is -2.28. The number of aromatic nitrogens is 3. The van der Waals surface area contributed by atoms with Crippen LogP contribution >= 0.6 is 0 Å². The second-order valence-electron chi connectivity index (χ2n) is 7.80. The van der Waals surface area contributed by atoms with Crippen LogP contribution < -0.4 is 32.2 Å². The Morgan fingerprint density at radius 2 is 2.00 bits per heavy atom. The number of carbonyl (C=O) groups is 1. The maximum atomic E-state index is 13.0. The van der Waals surface area contributed by atoms with E-state index in [1.54, 1.807) is 13.2 Å². The van der Waals surface area contributed by atoms with Crippen molar-refractivity contribution in [2.45, 2.75) is 32.7 Å². The number of aryl methyl sites for hydroxylation is 1. The largest absolute Gasteiger partial charge is 1.00 e. The first kappa shape index (κ1) is 23.3. The lowest BCUT2D eigenvalue weighted by Crippen LogP contribution is -3.13. The highest BCUT2D eigenvalue weighted by Crippen LogP contribution is 2.17. The topological polar surface area (TPSA) is 79.3 Å². The Kier molecular flexibility index (Phi) is 7.72. The Balaban J connectivity index is 0.00000272. The minimum absolute atomic E-state index is 0. The number of halogens is 1. The van der Waals surface area contributed by atoms with E-state index in [2.05, 4.69) is 4.98 Å². The third kappa shape index (κ3) is 4.77. The molecule has 1 aliphatic heterocycles. The molecule has 0 atom stereocenters. The highest BCUT2D eigenvalue weighted by atomic mass is 79.9. The van der Waals surface area contributed by atoms with E-state index in [0.717, 1.165) is 50.1 Å². The van der Waals surface area contributed by atoms with Crippen molar-refractivity contribution in [1.82, 2.24) is 14.0 Å². The van der Waals surface area contributed by atoms with E-state index in [-0.39, 0.29) is 34.4 Å². The number of carbonyl (C=O) groups excluding carboxylic acids is 1. The van der Waals surface area contributed by atoms with Crippen molar-refractivity contribution >= 4 is 22.6 Å². The summed E-state index contributed by atoms with van der Waals surface area (Å²) in [5.74, 6) is 0.507. The van der Waals surface area contributed by atoms with Crippen LogP contribution in [0.15, 0.2) is 35.3 Å². The van der Waals surface area contributed by atoms with Gasteiger partial charge < -0.3 is 35.9 Å². The van der Waals surface area contributed by atoms with Gasteiger partial charge in [0.15, 0.2) is 5.65 Å². The summed E-state index contributed by atoms with van der Waals surface area (Å²) in [6, 6.07) is 7.38. The zero-order chi connectivity index (χ0) is 21.1. The smallest absolute Gasteiger partial charge is 0.309 e. The van der Waals surface area contributed by atoms with Crippen molar-refractivity contribution in [2.24, 2.45) is 5.92 Å². The number of piperidine rings is 1. The van der Waals surface area contributed by atoms with Crippen molar-refractivity contribution in [3.8, 4) is 5.88 Å². The molecule has 0 amide bonds. The summed E-state index contributed by atoms with van der Waals surface area (Å²) in [7, 11) is 1.59. The van der Waals surface area contributed by atoms with Gasteiger partial charge >= 0.3 is 5.97 Å². The van der Waals surface area contributed by atoms with Gasteiger partial charge in [-0.25, -0.2) is 0 Å². The lowest BCUT2D eigenvalue weighted by atomic mass is 9.97. The molecule has 3 aromatic heterocycles. The van der Waals surface area contributed by atoms with Gasteiger partial charge in [-0.1, -0.05) is 0 Å². The summed E-state index contributed by atoms with van der Waals surface area (Å²) >= 11 is 0. The number of hydrogen-bond acceptors (Lipinski definition) is 5. The standard InChI is InChI=1S/C22H28N4O4.BrH/c1-3-30-22(28)16-9-14-24(15-10-16)11-5-13-26-17-7-8-19(29-2)23-20(17)25-12-4-6-18(25)21(26)27;/h4,6-8,12,16H,3,5,9-11,13-15H2,1-2H3;1H. The van der Waals surface area contributed by atoms with Crippen LogP contribution in [0.4, 0.5) is 0 Å². The van der Waals surface area contributed by atoms with E-state index < -0.39 is 0 Å². The average Bonchev–Trinajstić information content (AvgIpc) is 3.27. The van der Waals surface area contributed by atoms with Crippen LogP contribution in [0.5, 0.6) is 5.88 Å². The first-order valence-electron chi connectivity index (χ1n) is 10.7. The summed E-state index contributed by atoms with van der Waals surface area (Å²) in [6.45, 7) is 5.84. The average molecular weight is 493 g/mol. The van der Waals surface area contributed by atoms with Crippen molar-refractivity contribution in [1.29, 1.82) is 0 Å². The Bertz CT molecular complexity index is 1100. The molecule has 1 N–H and O–H groups in total. The van der Waals surface area contributed by atoms with Crippen LogP contribution in [-0.4, -0.2) is 53.3 Å².